The van der Waals surface area contributed by atoms with Gasteiger partial charge < -0.3 is 16.2 Å². The van der Waals surface area contributed by atoms with Crippen LogP contribution in [0.2, 0.25) is 0 Å². The Morgan fingerprint density at radius 1 is 0.955 bits per heavy atom. The largest absolute Gasteiger partial charge is 0.467 e. The minimum Gasteiger partial charge on any atom is -0.467 e. The summed E-state index contributed by atoms with van der Waals surface area (Å²) in [7, 11) is 1.18. The van der Waals surface area contributed by atoms with Crippen molar-refractivity contribution >= 4 is 11.9 Å². The standard InChI is InChI=1S/C17H18N2O3/c1-22-16(21)17(19,15(18)20)14(12-8-4-2-5-9-12)13-10-6-3-7-11-13/h2-11,14H,19H2,1H3,(H2,18,20)/t17-/m0/s1. The second-order valence-electron chi connectivity index (χ2n) is 4.98. The first-order valence-electron chi connectivity index (χ1n) is 6.79. The lowest BCUT2D eigenvalue weighted by molar-refractivity contribution is -0.151. The van der Waals surface area contributed by atoms with Gasteiger partial charge in [-0.2, -0.15) is 0 Å². The third-order valence-corrected chi connectivity index (χ3v) is 3.65. The van der Waals surface area contributed by atoms with Gasteiger partial charge >= 0.3 is 5.97 Å². The van der Waals surface area contributed by atoms with Gasteiger partial charge in [0, 0.05) is 5.92 Å². The lowest BCUT2D eigenvalue weighted by Crippen LogP contribution is -2.62. The minimum absolute atomic E-state index is 0.709. The number of carbonyl (C=O) groups excluding carboxylic acids is 2. The van der Waals surface area contributed by atoms with E-state index >= 15 is 0 Å². The summed E-state index contributed by atoms with van der Waals surface area (Å²) in [4.78, 5) is 24.2. The molecular formula is C17H18N2O3. The summed E-state index contributed by atoms with van der Waals surface area (Å²) >= 11 is 0. The van der Waals surface area contributed by atoms with Crippen LogP contribution >= 0.6 is 0 Å². The Kier molecular flexibility index (Phi) is 4.58. The van der Waals surface area contributed by atoms with Crippen molar-refractivity contribution in [3.8, 4) is 0 Å². The summed E-state index contributed by atoms with van der Waals surface area (Å²) in [6, 6.07) is 18.1. The van der Waals surface area contributed by atoms with Crippen molar-refractivity contribution in [3.63, 3.8) is 0 Å². The van der Waals surface area contributed by atoms with Crippen molar-refractivity contribution in [1.82, 2.24) is 0 Å². The van der Waals surface area contributed by atoms with Crippen LogP contribution in [-0.4, -0.2) is 24.5 Å². The molecule has 0 aliphatic rings. The normalized spacial score (nSPS) is 13.4. The smallest absolute Gasteiger partial charge is 0.336 e. The van der Waals surface area contributed by atoms with E-state index in [4.69, 9.17) is 16.2 Å². The molecule has 0 spiro atoms. The highest BCUT2D eigenvalue weighted by Gasteiger charge is 2.50. The van der Waals surface area contributed by atoms with Crippen LogP contribution in [0, 0.1) is 0 Å². The minimum atomic E-state index is -1.99. The molecule has 4 N–H and O–H groups in total. The molecule has 2 rings (SSSR count). The summed E-state index contributed by atoms with van der Waals surface area (Å²) in [5.41, 5.74) is 11.0. The number of benzene rings is 2. The molecule has 5 nitrogen and oxygen atoms in total. The van der Waals surface area contributed by atoms with Gasteiger partial charge in [-0.3, -0.25) is 4.79 Å². The molecule has 1 atom stereocenters. The summed E-state index contributed by atoms with van der Waals surface area (Å²) in [5, 5.41) is 0. The fourth-order valence-corrected chi connectivity index (χ4v) is 2.54. The van der Waals surface area contributed by atoms with Gasteiger partial charge in [0.15, 0.2) is 0 Å². The Morgan fingerprint density at radius 3 is 1.68 bits per heavy atom. The number of hydrogen-bond acceptors (Lipinski definition) is 4. The third kappa shape index (κ3) is 2.71. The van der Waals surface area contributed by atoms with Crippen LogP contribution in [0.25, 0.3) is 0 Å². The van der Waals surface area contributed by atoms with Gasteiger partial charge in [-0.15, -0.1) is 0 Å². The number of amides is 1. The Balaban J connectivity index is 2.67. The van der Waals surface area contributed by atoms with E-state index in [0.717, 1.165) is 0 Å². The number of methoxy groups -OCH3 is 1. The van der Waals surface area contributed by atoms with E-state index in [9.17, 15) is 9.59 Å². The number of nitrogens with two attached hydrogens (primary N) is 2. The molecule has 2 aromatic rings. The van der Waals surface area contributed by atoms with Gasteiger partial charge in [0.1, 0.15) is 0 Å². The van der Waals surface area contributed by atoms with Gasteiger partial charge in [-0.1, -0.05) is 60.7 Å². The van der Waals surface area contributed by atoms with E-state index in [0.29, 0.717) is 11.1 Å². The second-order valence-corrected chi connectivity index (χ2v) is 4.98. The average molecular weight is 298 g/mol. The maximum absolute atomic E-state index is 12.2. The molecule has 1 amide bonds. The van der Waals surface area contributed by atoms with Gasteiger partial charge in [-0.05, 0) is 11.1 Å². The van der Waals surface area contributed by atoms with Crippen LogP contribution in [0.4, 0.5) is 0 Å². The Morgan fingerprint density at radius 2 is 1.36 bits per heavy atom. The number of primary amides is 1. The lowest BCUT2D eigenvalue weighted by atomic mass is 9.75. The maximum Gasteiger partial charge on any atom is 0.336 e. The van der Waals surface area contributed by atoms with Crippen molar-refractivity contribution < 1.29 is 14.3 Å². The van der Waals surface area contributed by atoms with Gasteiger partial charge in [0.05, 0.1) is 7.11 Å². The fraction of sp³-hybridized carbons (Fsp3) is 0.176. The molecule has 0 saturated carbocycles. The van der Waals surface area contributed by atoms with Crippen LogP contribution in [0.1, 0.15) is 17.0 Å². The highest BCUT2D eigenvalue weighted by Crippen LogP contribution is 2.34. The molecule has 0 aliphatic heterocycles. The molecule has 0 saturated heterocycles. The zero-order valence-corrected chi connectivity index (χ0v) is 12.2. The highest BCUT2D eigenvalue weighted by atomic mass is 16.5. The quantitative estimate of drug-likeness (QED) is 0.640. The molecule has 0 aliphatic carbocycles. The van der Waals surface area contributed by atoms with E-state index in [1.807, 2.05) is 36.4 Å². The fourth-order valence-electron chi connectivity index (χ4n) is 2.54. The molecule has 0 radical (unpaired) electrons. The monoisotopic (exact) mass is 298 g/mol. The van der Waals surface area contributed by atoms with Crippen molar-refractivity contribution in [2.45, 2.75) is 11.5 Å². The molecular weight excluding hydrogens is 280 g/mol. The maximum atomic E-state index is 12.2. The SMILES string of the molecule is COC(=O)[C@@](N)(C(N)=O)C(c1ccccc1)c1ccccc1. The van der Waals surface area contributed by atoms with Crippen molar-refractivity contribution in [2.75, 3.05) is 7.11 Å². The van der Waals surface area contributed by atoms with E-state index in [2.05, 4.69) is 0 Å². The Bertz CT molecular complexity index is 619. The Hall–Kier alpha value is -2.66. The molecule has 0 aromatic heterocycles. The zero-order valence-electron chi connectivity index (χ0n) is 12.2. The van der Waals surface area contributed by atoms with E-state index < -0.39 is 23.3 Å². The van der Waals surface area contributed by atoms with Crippen LogP contribution in [0.3, 0.4) is 0 Å². The van der Waals surface area contributed by atoms with Crippen LogP contribution in [0.5, 0.6) is 0 Å². The first-order valence-corrected chi connectivity index (χ1v) is 6.79. The van der Waals surface area contributed by atoms with Crippen LogP contribution < -0.4 is 11.5 Å². The molecule has 0 bridgehead atoms. The van der Waals surface area contributed by atoms with Crippen LogP contribution in [0.15, 0.2) is 60.7 Å². The van der Waals surface area contributed by atoms with E-state index in [-0.39, 0.29) is 0 Å². The first kappa shape index (κ1) is 15.7. The predicted octanol–water partition coefficient (Wildman–Crippen LogP) is 1.17. The average Bonchev–Trinajstić information content (AvgIpc) is 2.56. The summed E-state index contributed by atoms with van der Waals surface area (Å²) < 4.78 is 4.74. The number of ether oxygens (including phenoxy) is 1. The van der Waals surface area contributed by atoms with E-state index in [1.54, 1.807) is 24.3 Å². The zero-order chi connectivity index (χ0) is 16.2. The van der Waals surface area contributed by atoms with Crippen molar-refractivity contribution in [3.05, 3.63) is 71.8 Å². The number of hydrogen-bond donors (Lipinski definition) is 2. The van der Waals surface area contributed by atoms with E-state index in [1.165, 1.54) is 7.11 Å². The summed E-state index contributed by atoms with van der Waals surface area (Å²) in [6.07, 6.45) is 0. The number of carbonyl (C=O) groups is 2. The predicted molar refractivity (Wildman–Crippen MR) is 82.9 cm³/mol. The summed E-state index contributed by atoms with van der Waals surface area (Å²) in [5.74, 6) is -2.53. The topological polar surface area (TPSA) is 95.4 Å². The molecule has 0 fully saturated rings. The first-order chi connectivity index (χ1) is 10.5. The van der Waals surface area contributed by atoms with Gasteiger partial charge in [-0.25, -0.2) is 4.79 Å². The van der Waals surface area contributed by atoms with Crippen LogP contribution in [-0.2, 0) is 14.3 Å². The van der Waals surface area contributed by atoms with Crippen molar-refractivity contribution in [2.24, 2.45) is 11.5 Å². The van der Waals surface area contributed by atoms with Crippen molar-refractivity contribution in [1.29, 1.82) is 0 Å². The third-order valence-electron chi connectivity index (χ3n) is 3.65. The van der Waals surface area contributed by atoms with Gasteiger partial charge in [0.2, 0.25) is 11.4 Å². The molecule has 22 heavy (non-hydrogen) atoms. The van der Waals surface area contributed by atoms with Gasteiger partial charge in [0.25, 0.3) is 0 Å². The number of rotatable bonds is 5. The molecule has 2 aromatic carbocycles. The summed E-state index contributed by atoms with van der Waals surface area (Å²) in [6.45, 7) is 0. The lowest BCUT2D eigenvalue weighted by Gasteiger charge is -2.32. The highest BCUT2D eigenvalue weighted by molar-refractivity contribution is 6.08. The number of esters is 1. The molecule has 0 heterocycles. The molecule has 114 valence electrons. The second kappa shape index (κ2) is 6.41. The molecule has 0 unspecified atom stereocenters. The molecule has 5 heteroatoms. The Labute approximate surface area is 128 Å².